The molecule has 14 heavy (non-hydrogen) atoms. The number of aromatic hydroxyl groups is 1. The second kappa shape index (κ2) is 4.62. The molecule has 1 aromatic rings. The number of aliphatic hydroxyl groups is 1. The van der Waals surface area contributed by atoms with E-state index in [9.17, 15) is 9.50 Å². The Balaban J connectivity index is 2.89. The molecule has 1 rings (SSSR count). The summed E-state index contributed by atoms with van der Waals surface area (Å²) in [5.41, 5.74) is 0.636. The summed E-state index contributed by atoms with van der Waals surface area (Å²) in [6.45, 7) is 0. The Morgan fingerprint density at radius 3 is 2.79 bits per heavy atom. The molecule has 1 aromatic carbocycles. The number of phenols is 1. The van der Waals surface area contributed by atoms with Crippen molar-refractivity contribution in [1.29, 1.82) is 0 Å². The summed E-state index contributed by atoms with van der Waals surface area (Å²) in [6, 6.07) is 4.55. The van der Waals surface area contributed by atoms with Crippen LogP contribution in [0.1, 0.15) is 5.56 Å². The first kappa shape index (κ1) is 10.5. The van der Waals surface area contributed by atoms with E-state index in [2.05, 4.69) is 0 Å². The Morgan fingerprint density at radius 2 is 2.21 bits per heavy atom. The first-order valence-corrected chi connectivity index (χ1v) is 4.01. The zero-order valence-corrected chi connectivity index (χ0v) is 7.64. The lowest BCUT2D eigenvalue weighted by Crippen LogP contribution is -1.89. The van der Waals surface area contributed by atoms with Crippen LogP contribution in [-0.4, -0.2) is 23.7 Å². The van der Waals surface area contributed by atoms with Crippen molar-refractivity contribution < 1.29 is 19.3 Å². The average molecular weight is 198 g/mol. The van der Waals surface area contributed by atoms with Crippen molar-refractivity contribution in [2.75, 3.05) is 7.11 Å². The third kappa shape index (κ3) is 2.74. The van der Waals surface area contributed by atoms with Gasteiger partial charge >= 0.3 is 0 Å². The van der Waals surface area contributed by atoms with Gasteiger partial charge in [0.15, 0.2) is 11.5 Å². The molecule has 0 aliphatic rings. The third-order valence-electron chi connectivity index (χ3n) is 1.65. The molecule has 0 saturated heterocycles. The van der Waals surface area contributed by atoms with Crippen LogP contribution < -0.4 is 4.74 Å². The fraction of sp³-hybridized carbons (Fsp3) is 0.200. The van der Waals surface area contributed by atoms with Crippen molar-refractivity contribution in [3.8, 4) is 11.5 Å². The van der Waals surface area contributed by atoms with Crippen LogP contribution in [0.4, 0.5) is 4.39 Å². The van der Waals surface area contributed by atoms with Gasteiger partial charge < -0.3 is 14.9 Å². The number of halogens is 1. The molecule has 0 saturated carbocycles. The normalized spacial score (nSPS) is 13.1. The van der Waals surface area contributed by atoms with E-state index in [0.717, 1.165) is 6.08 Å². The molecular formula is C10H11FO3. The lowest BCUT2D eigenvalue weighted by molar-refractivity contribution is 0.0891. The number of benzene rings is 1. The molecule has 1 unspecified atom stereocenters. The molecule has 0 aliphatic carbocycles. The second-order valence-electron chi connectivity index (χ2n) is 2.66. The number of methoxy groups -OCH3 is 1. The molecule has 76 valence electrons. The Morgan fingerprint density at radius 1 is 1.50 bits per heavy atom. The van der Waals surface area contributed by atoms with Crippen LogP contribution in [0.5, 0.6) is 11.5 Å². The lowest BCUT2D eigenvalue weighted by atomic mass is 10.2. The molecule has 1 atom stereocenters. The minimum Gasteiger partial charge on any atom is -0.504 e. The number of hydrogen-bond acceptors (Lipinski definition) is 3. The van der Waals surface area contributed by atoms with Gasteiger partial charge in [-0.1, -0.05) is 12.1 Å². The minimum atomic E-state index is -1.98. The number of ether oxygens (including phenoxy) is 1. The van der Waals surface area contributed by atoms with Gasteiger partial charge in [-0.25, -0.2) is 4.39 Å². The Bertz CT molecular complexity index is 334. The summed E-state index contributed by atoms with van der Waals surface area (Å²) in [7, 11) is 1.42. The number of rotatable bonds is 3. The quantitative estimate of drug-likeness (QED) is 0.777. The molecule has 0 fully saturated rings. The maximum absolute atomic E-state index is 12.0. The van der Waals surface area contributed by atoms with E-state index in [1.807, 2.05) is 0 Å². The predicted molar refractivity (Wildman–Crippen MR) is 50.8 cm³/mol. The zero-order chi connectivity index (χ0) is 10.6. The number of hydrogen-bond donors (Lipinski definition) is 2. The van der Waals surface area contributed by atoms with E-state index in [1.165, 1.54) is 25.3 Å². The summed E-state index contributed by atoms with van der Waals surface area (Å²) >= 11 is 0. The minimum absolute atomic E-state index is 0.0189. The summed E-state index contributed by atoms with van der Waals surface area (Å²) < 4.78 is 16.9. The van der Waals surface area contributed by atoms with Crippen LogP contribution in [0.25, 0.3) is 6.08 Å². The Hall–Kier alpha value is -1.55. The van der Waals surface area contributed by atoms with Crippen LogP contribution in [0.3, 0.4) is 0 Å². The van der Waals surface area contributed by atoms with E-state index >= 15 is 0 Å². The van der Waals surface area contributed by atoms with Gasteiger partial charge in [-0.05, 0) is 23.8 Å². The van der Waals surface area contributed by atoms with E-state index in [0.29, 0.717) is 11.3 Å². The average Bonchev–Trinajstić information content (AvgIpc) is 2.16. The molecule has 0 bridgehead atoms. The van der Waals surface area contributed by atoms with Crippen LogP contribution in [0, 0.1) is 0 Å². The highest BCUT2D eigenvalue weighted by atomic mass is 19.1. The van der Waals surface area contributed by atoms with E-state index in [4.69, 9.17) is 9.84 Å². The van der Waals surface area contributed by atoms with Gasteiger partial charge in [-0.3, -0.25) is 0 Å². The summed E-state index contributed by atoms with van der Waals surface area (Å²) in [5.74, 6) is 0.325. The van der Waals surface area contributed by atoms with Crippen LogP contribution >= 0.6 is 0 Å². The molecule has 0 heterocycles. The maximum atomic E-state index is 12.0. The highest BCUT2D eigenvalue weighted by Crippen LogP contribution is 2.26. The largest absolute Gasteiger partial charge is 0.504 e. The lowest BCUT2D eigenvalue weighted by Gasteiger charge is -2.03. The van der Waals surface area contributed by atoms with Crippen molar-refractivity contribution in [1.82, 2.24) is 0 Å². The Labute approximate surface area is 81.1 Å². The Kier molecular flexibility index (Phi) is 3.48. The maximum Gasteiger partial charge on any atom is 0.215 e. The molecule has 2 N–H and O–H groups in total. The topological polar surface area (TPSA) is 49.7 Å². The van der Waals surface area contributed by atoms with E-state index in [1.54, 1.807) is 6.07 Å². The van der Waals surface area contributed by atoms with Gasteiger partial charge in [0, 0.05) is 0 Å². The smallest absolute Gasteiger partial charge is 0.215 e. The van der Waals surface area contributed by atoms with Gasteiger partial charge in [-0.15, -0.1) is 0 Å². The van der Waals surface area contributed by atoms with Crippen LogP contribution in [-0.2, 0) is 0 Å². The second-order valence-corrected chi connectivity index (χ2v) is 2.66. The summed E-state index contributed by atoms with van der Waals surface area (Å²) in [6.07, 6.45) is 0.410. The van der Waals surface area contributed by atoms with Gasteiger partial charge in [0.05, 0.1) is 7.11 Å². The van der Waals surface area contributed by atoms with Crippen molar-refractivity contribution in [2.24, 2.45) is 0 Å². The van der Waals surface area contributed by atoms with Crippen LogP contribution in [0.2, 0.25) is 0 Å². The highest BCUT2D eigenvalue weighted by Gasteiger charge is 2.00. The summed E-state index contributed by atoms with van der Waals surface area (Å²) in [4.78, 5) is 0. The molecule has 4 heteroatoms. The molecule has 0 radical (unpaired) electrons. The standard InChI is InChI=1S/C10H11FO3/c1-14-9-6-7(2-4-8(9)12)3-5-10(11)13/h2-6,10,12-13H,1H3. The van der Waals surface area contributed by atoms with Gasteiger partial charge in [0.1, 0.15) is 0 Å². The third-order valence-corrected chi connectivity index (χ3v) is 1.65. The number of phenolic OH excluding ortho intramolecular Hbond substituents is 1. The van der Waals surface area contributed by atoms with Crippen molar-refractivity contribution >= 4 is 6.08 Å². The molecule has 0 spiro atoms. The highest BCUT2D eigenvalue weighted by molar-refractivity contribution is 5.55. The van der Waals surface area contributed by atoms with Crippen molar-refractivity contribution in [3.05, 3.63) is 29.8 Å². The first-order chi connectivity index (χ1) is 6.63. The van der Waals surface area contributed by atoms with E-state index < -0.39 is 6.36 Å². The first-order valence-electron chi connectivity index (χ1n) is 4.01. The van der Waals surface area contributed by atoms with Gasteiger partial charge in [-0.2, -0.15) is 0 Å². The number of alkyl halides is 1. The molecule has 0 amide bonds. The van der Waals surface area contributed by atoms with Crippen molar-refractivity contribution in [3.63, 3.8) is 0 Å². The van der Waals surface area contributed by atoms with Crippen molar-refractivity contribution in [2.45, 2.75) is 6.36 Å². The van der Waals surface area contributed by atoms with Gasteiger partial charge in [0.25, 0.3) is 0 Å². The molecule has 0 aromatic heterocycles. The number of aliphatic hydroxyl groups excluding tert-OH is 1. The monoisotopic (exact) mass is 198 g/mol. The van der Waals surface area contributed by atoms with Gasteiger partial charge in [0.2, 0.25) is 6.36 Å². The molecular weight excluding hydrogens is 187 g/mol. The fourth-order valence-electron chi connectivity index (χ4n) is 0.988. The van der Waals surface area contributed by atoms with Crippen LogP contribution in [0.15, 0.2) is 24.3 Å². The summed E-state index contributed by atoms with van der Waals surface area (Å²) in [5, 5.41) is 17.6. The molecule has 0 aliphatic heterocycles. The SMILES string of the molecule is COc1cc(C=CC(O)F)ccc1O. The van der Waals surface area contributed by atoms with E-state index in [-0.39, 0.29) is 5.75 Å². The predicted octanol–water partition coefficient (Wildman–Crippen LogP) is 1.70. The zero-order valence-electron chi connectivity index (χ0n) is 7.64. The fourth-order valence-corrected chi connectivity index (χ4v) is 0.988. The molecule has 3 nitrogen and oxygen atoms in total.